The number of rotatable bonds is 6. The Morgan fingerprint density at radius 1 is 1.22 bits per heavy atom. The lowest BCUT2D eigenvalue weighted by Crippen LogP contribution is -2.39. The number of carbonyl (C=O) groups excluding carboxylic acids is 1. The fourth-order valence-electron chi connectivity index (χ4n) is 4.71. The third-order valence-corrected chi connectivity index (χ3v) is 7.54. The van der Waals surface area contributed by atoms with E-state index < -0.39 is 34.0 Å². The number of furan rings is 1. The van der Waals surface area contributed by atoms with E-state index in [2.05, 4.69) is 4.99 Å². The number of thiazole rings is 1. The molecule has 0 bridgehead atoms. The lowest BCUT2D eigenvalue weighted by molar-refractivity contribution is -0.387. The van der Waals surface area contributed by atoms with Gasteiger partial charge in [-0.3, -0.25) is 19.5 Å². The summed E-state index contributed by atoms with van der Waals surface area (Å²) in [5, 5.41) is 11.1. The van der Waals surface area contributed by atoms with Gasteiger partial charge in [0.15, 0.2) is 16.3 Å². The number of fused-ring (bicyclic) bond motifs is 2. The van der Waals surface area contributed by atoms with Crippen molar-refractivity contribution < 1.29 is 32.7 Å². The molecule has 4 aromatic rings. The first-order valence-electron chi connectivity index (χ1n) is 12.4. The molecule has 2 aromatic carbocycles. The van der Waals surface area contributed by atoms with E-state index in [-0.39, 0.29) is 29.3 Å². The number of nitro benzene ring substituents is 1. The monoisotopic (exact) mass is 577 g/mol. The van der Waals surface area contributed by atoms with Crippen molar-refractivity contribution in [1.29, 1.82) is 0 Å². The fraction of sp³-hybridized carbons (Fsp3) is 0.179. The molecule has 0 fully saturated rings. The van der Waals surface area contributed by atoms with Gasteiger partial charge in [0.2, 0.25) is 12.6 Å². The normalized spacial score (nSPS) is 16.0. The van der Waals surface area contributed by atoms with Crippen LogP contribution in [-0.4, -0.2) is 28.9 Å². The van der Waals surface area contributed by atoms with Crippen LogP contribution < -0.4 is 24.4 Å². The highest BCUT2D eigenvalue weighted by Gasteiger charge is 2.34. The van der Waals surface area contributed by atoms with Crippen molar-refractivity contribution in [1.82, 2.24) is 4.57 Å². The lowest BCUT2D eigenvalue weighted by atomic mass is 9.95. The molecule has 4 heterocycles. The Labute approximate surface area is 234 Å². The number of aromatic nitrogens is 1. The first-order chi connectivity index (χ1) is 19.7. The third kappa shape index (κ3) is 4.59. The molecular formula is C28H20FN3O8S. The van der Waals surface area contributed by atoms with Crippen molar-refractivity contribution in [2.45, 2.75) is 19.9 Å². The Balaban J connectivity index is 1.45. The van der Waals surface area contributed by atoms with Crippen LogP contribution in [-0.2, 0) is 9.53 Å². The second-order valence-corrected chi connectivity index (χ2v) is 10.0. The summed E-state index contributed by atoms with van der Waals surface area (Å²) in [6.07, 6.45) is 1.52. The van der Waals surface area contributed by atoms with Crippen LogP contribution in [0.1, 0.15) is 31.2 Å². The van der Waals surface area contributed by atoms with Gasteiger partial charge in [-0.25, -0.2) is 9.79 Å². The van der Waals surface area contributed by atoms with E-state index in [1.807, 2.05) is 0 Å². The molecule has 2 aliphatic heterocycles. The molecule has 2 aliphatic rings. The van der Waals surface area contributed by atoms with Crippen molar-refractivity contribution >= 4 is 29.1 Å². The van der Waals surface area contributed by atoms with Crippen LogP contribution >= 0.6 is 11.3 Å². The fourth-order valence-corrected chi connectivity index (χ4v) is 5.74. The summed E-state index contributed by atoms with van der Waals surface area (Å²) in [5.41, 5.74) is 0.459. The Morgan fingerprint density at radius 2 is 2.02 bits per heavy atom. The standard InChI is InChI=1S/C28H20FN3O8S/c1-3-37-27(34)24-14(2)30-28-31(25(24)16-5-8-21-22(11-16)39-13-38-21)26(33)23(41-28)12-17-6-9-20(40-17)15-4-7-18(29)19(10-15)32(35)36/h4-12,25H,3,13H2,1-2H3/b23-12-/t25-/m0/s1. The second-order valence-electron chi connectivity index (χ2n) is 9.04. The number of esters is 1. The topological polar surface area (TPSA) is 135 Å². The van der Waals surface area contributed by atoms with Gasteiger partial charge in [-0.05, 0) is 55.8 Å². The highest BCUT2D eigenvalue weighted by atomic mass is 32.1. The Bertz CT molecular complexity index is 1950. The Morgan fingerprint density at radius 3 is 2.80 bits per heavy atom. The molecule has 208 valence electrons. The quantitative estimate of drug-likeness (QED) is 0.192. The van der Waals surface area contributed by atoms with Crippen LogP contribution in [0.2, 0.25) is 0 Å². The van der Waals surface area contributed by atoms with Crippen LogP contribution in [0, 0.1) is 15.9 Å². The summed E-state index contributed by atoms with van der Waals surface area (Å²) >= 11 is 1.11. The van der Waals surface area contributed by atoms with Gasteiger partial charge < -0.3 is 18.6 Å². The number of nitrogens with zero attached hydrogens (tertiary/aromatic N) is 3. The predicted octanol–water partition coefficient (Wildman–Crippen LogP) is 3.83. The number of carbonyl (C=O) groups is 1. The van der Waals surface area contributed by atoms with Gasteiger partial charge in [-0.1, -0.05) is 17.4 Å². The molecule has 0 N–H and O–H groups in total. The van der Waals surface area contributed by atoms with Crippen LogP contribution in [0.25, 0.3) is 17.4 Å². The number of benzene rings is 2. The van der Waals surface area contributed by atoms with E-state index in [1.54, 1.807) is 44.2 Å². The molecule has 11 nitrogen and oxygen atoms in total. The Hall–Kier alpha value is -5.04. The van der Waals surface area contributed by atoms with Crippen LogP contribution in [0.3, 0.4) is 0 Å². The molecule has 0 amide bonds. The van der Waals surface area contributed by atoms with Crippen molar-refractivity contribution in [3.63, 3.8) is 0 Å². The smallest absolute Gasteiger partial charge is 0.338 e. The van der Waals surface area contributed by atoms with Gasteiger partial charge >= 0.3 is 11.7 Å². The summed E-state index contributed by atoms with van der Waals surface area (Å²) in [7, 11) is 0. The number of hydrogen-bond acceptors (Lipinski definition) is 10. The largest absolute Gasteiger partial charge is 0.463 e. The van der Waals surface area contributed by atoms with Crippen molar-refractivity contribution in [2.24, 2.45) is 4.99 Å². The minimum absolute atomic E-state index is 0.0670. The zero-order valence-corrected chi connectivity index (χ0v) is 22.4. The molecule has 0 saturated carbocycles. The number of ether oxygens (including phenoxy) is 3. The molecule has 13 heteroatoms. The first kappa shape index (κ1) is 26.2. The summed E-state index contributed by atoms with van der Waals surface area (Å²) < 4.78 is 37.6. The van der Waals surface area contributed by atoms with E-state index in [0.717, 1.165) is 23.5 Å². The highest BCUT2D eigenvalue weighted by molar-refractivity contribution is 7.07. The molecule has 1 atom stereocenters. The number of halogens is 1. The van der Waals surface area contributed by atoms with Crippen LogP contribution in [0.4, 0.5) is 10.1 Å². The van der Waals surface area contributed by atoms with Gasteiger partial charge in [0, 0.05) is 17.7 Å². The third-order valence-electron chi connectivity index (χ3n) is 6.56. The van der Waals surface area contributed by atoms with Gasteiger partial charge in [-0.2, -0.15) is 4.39 Å². The zero-order valence-electron chi connectivity index (χ0n) is 21.6. The van der Waals surface area contributed by atoms with Crippen molar-refractivity contribution in [3.05, 3.63) is 107 Å². The minimum atomic E-state index is -0.957. The van der Waals surface area contributed by atoms with Gasteiger partial charge in [0.05, 0.1) is 33.4 Å². The van der Waals surface area contributed by atoms with E-state index in [1.165, 1.54) is 16.7 Å². The molecule has 0 unspecified atom stereocenters. The molecular weight excluding hydrogens is 557 g/mol. The average molecular weight is 578 g/mol. The van der Waals surface area contributed by atoms with Gasteiger partial charge in [-0.15, -0.1) is 0 Å². The minimum Gasteiger partial charge on any atom is -0.463 e. The summed E-state index contributed by atoms with van der Waals surface area (Å²) in [6, 6.07) is 11.0. The number of nitro groups is 1. The number of hydrogen-bond donors (Lipinski definition) is 0. The molecule has 0 radical (unpaired) electrons. The molecule has 0 aliphatic carbocycles. The summed E-state index contributed by atoms with van der Waals surface area (Å²) in [6.45, 7) is 3.59. The van der Waals surface area contributed by atoms with E-state index in [0.29, 0.717) is 38.9 Å². The second kappa shape index (κ2) is 10.2. The molecule has 2 aromatic heterocycles. The zero-order chi connectivity index (χ0) is 28.8. The molecule has 6 rings (SSSR count). The van der Waals surface area contributed by atoms with E-state index in [4.69, 9.17) is 18.6 Å². The predicted molar refractivity (Wildman–Crippen MR) is 144 cm³/mol. The van der Waals surface area contributed by atoms with E-state index >= 15 is 0 Å². The van der Waals surface area contributed by atoms with Crippen LogP contribution in [0.15, 0.2) is 74.0 Å². The summed E-state index contributed by atoms with van der Waals surface area (Å²) in [4.78, 5) is 42.1. The first-order valence-corrected chi connectivity index (χ1v) is 13.2. The highest BCUT2D eigenvalue weighted by Crippen LogP contribution is 2.38. The van der Waals surface area contributed by atoms with Gasteiger partial charge in [0.1, 0.15) is 11.5 Å². The molecule has 0 saturated heterocycles. The van der Waals surface area contributed by atoms with Crippen LogP contribution in [0.5, 0.6) is 11.5 Å². The van der Waals surface area contributed by atoms with Gasteiger partial charge in [0.25, 0.3) is 5.56 Å². The maximum Gasteiger partial charge on any atom is 0.338 e. The number of allylic oxidation sites excluding steroid dienone is 1. The maximum atomic E-state index is 13.8. The molecule has 41 heavy (non-hydrogen) atoms. The van der Waals surface area contributed by atoms with E-state index in [9.17, 15) is 24.1 Å². The van der Waals surface area contributed by atoms with Crippen molar-refractivity contribution in [3.8, 4) is 22.8 Å². The molecule has 0 spiro atoms. The lowest BCUT2D eigenvalue weighted by Gasteiger charge is -2.24. The maximum absolute atomic E-state index is 13.8. The summed E-state index contributed by atoms with van der Waals surface area (Å²) in [5.74, 6) is 0.0474. The SMILES string of the molecule is CCOC(=O)C1=C(C)N=c2s/c(=C\c3ccc(-c4ccc(F)c([N+](=O)[O-])c4)o3)c(=O)n2[C@H]1c1ccc2c(c1)OCO2. The van der Waals surface area contributed by atoms with Crippen molar-refractivity contribution in [2.75, 3.05) is 13.4 Å². The Kier molecular flexibility index (Phi) is 6.50. The average Bonchev–Trinajstić information content (AvgIpc) is 3.67.